The Balaban J connectivity index is 2.42. The number of halogens is 1. The normalized spacial score (nSPS) is 33.0. The maximum atomic E-state index is 13.3. The van der Waals surface area contributed by atoms with Gasteiger partial charge in [0.1, 0.15) is 12.2 Å². The molecule has 2 rings (SSSR count). The van der Waals surface area contributed by atoms with Gasteiger partial charge in [-0.3, -0.25) is 4.57 Å². The monoisotopic (exact) mass is 244 g/mol. The van der Waals surface area contributed by atoms with Crippen molar-refractivity contribution >= 4 is 0 Å². The fourth-order valence-corrected chi connectivity index (χ4v) is 1.77. The molecule has 1 aromatic heterocycles. The molecule has 0 aliphatic carbocycles. The minimum Gasteiger partial charge on any atom is -0.388 e. The van der Waals surface area contributed by atoms with Crippen molar-refractivity contribution in [2.45, 2.75) is 38.4 Å². The Morgan fingerprint density at radius 3 is 2.65 bits per heavy atom. The summed E-state index contributed by atoms with van der Waals surface area (Å²) in [4.78, 5) is 15.0. The molecule has 6 nitrogen and oxygen atoms in total. The second-order valence-corrected chi connectivity index (χ2v) is 4.08. The first kappa shape index (κ1) is 12.2. The number of aryl methyl sites for hydroxylation is 1. The second kappa shape index (κ2) is 4.17. The van der Waals surface area contributed by atoms with Gasteiger partial charge in [0.2, 0.25) is 0 Å². The Labute approximate surface area is 96.3 Å². The molecule has 1 aromatic rings. The lowest BCUT2D eigenvalue weighted by atomic mass is 10.1. The van der Waals surface area contributed by atoms with Crippen molar-refractivity contribution in [1.82, 2.24) is 9.55 Å². The van der Waals surface area contributed by atoms with Crippen LogP contribution in [0.5, 0.6) is 0 Å². The summed E-state index contributed by atoms with van der Waals surface area (Å²) in [6.07, 6.45) is -3.23. The quantitative estimate of drug-likeness (QED) is 0.684. The highest BCUT2D eigenvalue weighted by atomic mass is 19.1. The van der Waals surface area contributed by atoms with Gasteiger partial charge in [0.15, 0.2) is 12.0 Å². The van der Waals surface area contributed by atoms with E-state index in [1.54, 1.807) is 6.92 Å². The van der Waals surface area contributed by atoms with E-state index in [0.717, 1.165) is 10.8 Å². The molecular weight excluding hydrogens is 231 g/mol. The molecule has 0 aromatic carbocycles. The minimum absolute atomic E-state index is 0.0210. The SMILES string of the molecule is Cc1nc(=O)n(C2OC(C)C(O)C2O)cc1F. The topological polar surface area (TPSA) is 84.6 Å². The Morgan fingerprint density at radius 1 is 1.47 bits per heavy atom. The molecule has 4 unspecified atom stereocenters. The van der Waals surface area contributed by atoms with E-state index >= 15 is 0 Å². The van der Waals surface area contributed by atoms with Gasteiger partial charge in [-0.25, -0.2) is 9.18 Å². The third kappa shape index (κ3) is 1.97. The molecule has 0 saturated carbocycles. The lowest BCUT2D eigenvalue weighted by Gasteiger charge is -2.17. The van der Waals surface area contributed by atoms with Crippen LogP contribution in [0.1, 0.15) is 18.8 Å². The van der Waals surface area contributed by atoms with Crippen molar-refractivity contribution < 1.29 is 19.3 Å². The van der Waals surface area contributed by atoms with Crippen LogP contribution >= 0.6 is 0 Å². The molecule has 1 aliphatic rings. The summed E-state index contributed by atoms with van der Waals surface area (Å²) in [7, 11) is 0. The van der Waals surface area contributed by atoms with E-state index < -0.39 is 36.0 Å². The van der Waals surface area contributed by atoms with Gasteiger partial charge in [-0.2, -0.15) is 4.98 Å². The number of hydrogen-bond donors (Lipinski definition) is 2. The molecule has 0 spiro atoms. The zero-order valence-corrected chi connectivity index (χ0v) is 9.37. The van der Waals surface area contributed by atoms with Crippen LogP contribution in [-0.2, 0) is 4.74 Å². The first-order valence-corrected chi connectivity index (χ1v) is 5.18. The highest BCUT2D eigenvalue weighted by Gasteiger charge is 2.41. The van der Waals surface area contributed by atoms with Gasteiger partial charge in [-0.15, -0.1) is 0 Å². The zero-order chi connectivity index (χ0) is 12.7. The number of rotatable bonds is 1. The van der Waals surface area contributed by atoms with Crippen molar-refractivity contribution in [1.29, 1.82) is 0 Å². The van der Waals surface area contributed by atoms with Gasteiger partial charge in [0, 0.05) is 6.20 Å². The van der Waals surface area contributed by atoms with E-state index in [1.165, 1.54) is 6.92 Å². The molecule has 17 heavy (non-hydrogen) atoms. The van der Waals surface area contributed by atoms with E-state index in [1.807, 2.05) is 0 Å². The Kier molecular flexibility index (Phi) is 2.98. The second-order valence-electron chi connectivity index (χ2n) is 4.08. The standard InChI is InChI=1S/C10H13FN2O4/c1-4-6(11)3-13(10(16)12-4)9-8(15)7(14)5(2)17-9/h3,5,7-9,14-15H,1-2H3. The smallest absolute Gasteiger partial charge is 0.350 e. The lowest BCUT2D eigenvalue weighted by Crippen LogP contribution is -2.35. The van der Waals surface area contributed by atoms with Gasteiger partial charge < -0.3 is 14.9 Å². The number of nitrogens with zero attached hydrogens (tertiary/aromatic N) is 2. The fraction of sp³-hybridized carbons (Fsp3) is 0.600. The molecule has 4 atom stereocenters. The van der Waals surface area contributed by atoms with E-state index in [0.29, 0.717) is 0 Å². The predicted octanol–water partition coefficient (Wildman–Crippen LogP) is -0.670. The molecule has 1 saturated heterocycles. The molecule has 2 N–H and O–H groups in total. The lowest BCUT2D eigenvalue weighted by molar-refractivity contribution is -0.0356. The average Bonchev–Trinajstić information content (AvgIpc) is 2.51. The first-order chi connectivity index (χ1) is 7.91. The maximum absolute atomic E-state index is 13.3. The van der Waals surface area contributed by atoms with Gasteiger partial charge in [-0.1, -0.05) is 0 Å². The summed E-state index contributed by atoms with van der Waals surface area (Å²) in [6.45, 7) is 2.92. The van der Waals surface area contributed by atoms with Crippen LogP contribution in [0.2, 0.25) is 0 Å². The van der Waals surface area contributed by atoms with Crippen molar-refractivity contribution in [3.63, 3.8) is 0 Å². The number of aliphatic hydroxyl groups excluding tert-OH is 2. The molecule has 94 valence electrons. The Hall–Kier alpha value is -1.31. The summed E-state index contributed by atoms with van der Waals surface area (Å²) in [5.41, 5.74) is -0.749. The molecular formula is C10H13FN2O4. The summed E-state index contributed by atoms with van der Waals surface area (Å²) in [6, 6.07) is 0. The van der Waals surface area contributed by atoms with E-state index in [9.17, 15) is 19.4 Å². The number of hydrogen-bond acceptors (Lipinski definition) is 5. The van der Waals surface area contributed by atoms with E-state index in [4.69, 9.17) is 4.74 Å². The van der Waals surface area contributed by atoms with Gasteiger partial charge >= 0.3 is 5.69 Å². The molecule has 1 fully saturated rings. The third-order valence-electron chi connectivity index (χ3n) is 2.83. The number of ether oxygens (including phenoxy) is 1. The van der Waals surface area contributed by atoms with Crippen molar-refractivity contribution in [2.75, 3.05) is 0 Å². The van der Waals surface area contributed by atoms with Crippen LogP contribution < -0.4 is 5.69 Å². The van der Waals surface area contributed by atoms with Crippen LogP contribution in [0.15, 0.2) is 11.0 Å². The summed E-state index contributed by atoms with van der Waals surface area (Å²) in [5.74, 6) is -0.672. The zero-order valence-electron chi connectivity index (χ0n) is 9.37. The van der Waals surface area contributed by atoms with Crippen molar-refractivity contribution in [2.24, 2.45) is 0 Å². The van der Waals surface area contributed by atoms with Crippen LogP contribution in [-0.4, -0.2) is 38.1 Å². The highest BCUT2D eigenvalue weighted by Crippen LogP contribution is 2.27. The van der Waals surface area contributed by atoms with Crippen molar-refractivity contribution in [3.8, 4) is 0 Å². The van der Waals surface area contributed by atoms with Crippen LogP contribution in [0.25, 0.3) is 0 Å². The molecule has 0 radical (unpaired) electrons. The summed E-state index contributed by atoms with van der Waals surface area (Å²) >= 11 is 0. The van der Waals surface area contributed by atoms with E-state index in [2.05, 4.69) is 4.98 Å². The van der Waals surface area contributed by atoms with Gasteiger partial charge in [0.05, 0.1) is 11.8 Å². The summed E-state index contributed by atoms with van der Waals surface area (Å²) < 4.78 is 19.4. The van der Waals surface area contributed by atoms with Crippen LogP contribution in [0, 0.1) is 12.7 Å². The summed E-state index contributed by atoms with van der Waals surface area (Å²) in [5, 5.41) is 19.2. The fourth-order valence-electron chi connectivity index (χ4n) is 1.77. The van der Waals surface area contributed by atoms with E-state index in [-0.39, 0.29) is 5.69 Å². The molecule has 0 bridgehead atoms. The van der Waals surface area contributed by atoms with Gasteiger partial charge in [-0.05, 0) is 13.8 Å². The van der Waals surface area contributed by atoms with Crippen LogP contribution in [0.3, 0.4) is 0 Å². The van der Waals surface area contributed by atoms with Crippen LogP contribution in [0.4, 0.5) is 4.39 Å². The third-order valence-corrected chi connectivity index (χ3v) is 2.83. The number of aliphatic hydroxyl groups is 2. The number of aromatic nitrogens is 2. The first-order valence-electron chi connectivity index (χ1n) is 5.18. The molecule has 0 amide bonds. The van der Waals surface area contributed by atoms with Crippen molar-refractivity contribution in [3.05, 3.63) is 28.2 Å². The largest absolute Gasteiger partial charge is 0.388 e. The molecule has 2 heterocycles. The molecule has 7 heteroatoms. The minimum atomic E-state index is -1.29. The molecule has 1 aliphatic heterocycles. The average molecular weight is 244 g/mol. The van der Waals surface area contributed by atoms with Gasteiger partial charge in [0.25, 0.3) is 0 Å². The Morgan fingerprint density at radius 2 is 2.12 bits per heavy atom. The highest BCUT2D eigenvalue weighted by molar-refractivity contribution is 5.01. The predicted molar refractivity (Wildman–Crippen MR) is 54.8 cm³/mol. The Bertz CT molecular complexity index is 490. The maximum Gasteiger partial charge on any atom is 0.350 e.